The van der Waals surface area contributed by atoms with Gasteiger partial charge in [0.1, 0.15) is 11.5 Å². The van der Waals surface area contributed by atoms with Crippen molar-refractivity contribution in [3.63, 3.8) is 0 Å². The molecule has 0 saturated carbocycles. The Bertz CT molecular complexity index is 673. The van der Waals surface area contributed by atoms with Crippen LogP contribution in [0.5, 0.6) is 11.5 Å². The molecule has 2 aromatic rings. The first-order chi connectivity index (χ1) is 11.0. The van der Waals surface area contributed by atoms with E-state index in [1.165, 1.54) is 26.4 Å². The number of hydrogen-bond donors (Lipinski definition) is 1. The van der Waals surface area contributed by atoms with Gasteiger partial charge in [0.2, 0.25) is 5.78 Å². The van der Waals surface area contributed by atoms with Crippen LogP contribution in [0, 0.1) is 0 Å². The minimum absolute atomic E-state index is 0.331. The number of benzene rings is 2. The molecule has 0 fully saturated rings. The number of carbonyl (C=O) groups excluding carboxylic acids is 1. The van der Waals surface area contributed by atoms with Gasteiger partial charge in [0.05, 0.1) is 14.2 Å². The van der Waals surface area contributed by atoms with E-state index in [1.54, 1.807) is 36.4 Å². The molecule has 0 aromatic heterocycles. The van der Waals surface area contributed by atoms with E-state index >= 15 is 0 Å². The van der Waals surface area contributed by atoms with Crippen LogP contribution >= 0.6 is 0 Å². The van der Waals surface area contributed by atoms with E-state index in [9.17, 15) is 9.59 Å². The molecule has 0 amide bonds. The van der Waals surface area contributed by atoms with Gasteiger partial charge in [-0.15, -0.1) is 0 Å². The van der Waals surface area contributed by atoms with Gasteiger partial charge >= 0.3 is 6.16 Å². The fourth-order valence-corrected chi connectivity index (χ4v) is 2.11. The molecule has 0 radical (unpaired) electrons. The van der Waals surface area contributed by atoms with Crippen molar-refractivity contribution in [2.45, 2.75) is 6.10 Å². The number of hydrogen-bond acceptors (Lipinski definition) is 5. The first kappa shape index (κ1) is 16.4. The standard InChI is InChI=1S/C17H16O6/c1-21-13-8-12(9-14(10-13)22-2)16(23-17(19)20)15(18)11-6-4-3-5-7-11/h3-10,16H,1-2H3,(H,19,20). The second-order valence-corrected chi connectivity index (χ2v) is 4.64. The minimum Gasteiger partial charge on any atom is -0.497 e. The molecular formula is C17H16O6. The zero-order valence-corrected chi connectivity index (χ0v) is 12.7. The fourth-order valence-electron chi connectivity index (χ4n) is 2.11. The summed E-state index contributed by atoms with van der Waals surface area (Å²) in [6.07, 6.45) is -2.85. The van der Waals surface area contributed by atoms with Crippen molar-refractivity contribution in [2.24, 2.45) is 0 Å². The van der Waals surface area contributed by atoms with Crippen LogP contribution in [0.25, 0.3) is 0 Å². The number of rotatable bonds is 6. The molecule has 2 aromatic carbocycles. The van der Waals surface area contributed by atoms with E-state index < -0.39 is 18.0 Å². The van der Waals surface area contributed by atoms with Crippen LogP contribution < -0.4 is 9.47 Å². The van der Waals surface area contributed by atoms with Gasteiger partial charge in [-0.1, -0.05) is 30.3 Å². The molecule has 0 heterocycles. The summed E-state index contributed by atoms with van der Waals surface area (Å²) < 4.78 is 15.1. The second-order valence-electron chi connectivity index (χ2n) is 4.64. The van der Waals surface area contributed by atoms with Crippen molar-refractivity contribution >= 4 is 11.9 Å². The molecule has 6 heteroatoms. The van der Waals surface area contributed by atoms with Gasteiger partial charge in [0.15, 0.2) is 6.10 Å². The SMILES string of the molecule is COc1cc(OC)cc(C(OC(=O)O)C(=O)c2ccccc2)c1. The van der Waals surface area contributed by atoms with Crippen molar-refractivity contribution in [1.82, 2.24) is 0 Å². The van der Waals surface area contributed by atoms with Gasteiger partial charge in [0, 0.05) is 17.2 Å². The molecule has 0 spiro atoms. The highest BCUT2D eigenvalue weighted by Gasteiger charge is 2.27. The van der Waals surface area contributed by atoms with Gasteiger partial charge in [-0.05, 0) is 12.1 Å². The summed E-state index contributed by atoms with van der Waals surface area (Å²) >= 11 is 0. The number of Topliss-reactive ketones (excluding diaryl/α,β-unsaturated/α-hetero) is 1. The number of methoxy groups -OCH3 is 2. The largest absolute Gasteiger partial charge is 0.506 e. The smallest absolute Gasteiger partial charge is 0.497 e. The number of carboxylic acid groups (broad SMARTS) is 1. The van der Waals surface area contributed by atoms with Gasteiger partial charge in [0.25, 0.3) is 0 Å². The highest BCUT2D eigenvalue weighted by atomic mass is 16.7. The quantitative estimate of drug-likeness (QED) is 0.650. The molecule has 0 aliphatic rings. The van der Waals surface area contributed by atoms with E-state index in [2.05, 4.69) is 0 Å². The molecule has 1 unspecified atom stereocenters. The summed E-state index contributed by atoms with van der Waals surface area (Å²) in [6, 6.07) is 13.0. The third-order valence-electron chi connectivity index (χ3n) is 3.19. The Labute approximate surface area is 133 Å². The number of ketones is 1. The minimum atomic E-state index is -1.54. The molecule has 1 atom stereocenters. The van der Waals surface area contributed by atoms with E-state index in [4.69, 9.17) is 19.3 Å². The maximum Gasteiger partial charge on any atom is 0.506 e. The molecule has 120 valence electrons. The topological polar surface area (TPSA) is 82.1 Å². The van der Waals surface area contributed by atoms with Gasteiger partial charge in [-0.3, -0.25) is 4.79 Å². The van der Waals surface area contributed by atoms with E-state index in [0.717, 1.165) is 0 Å². The number of ether oxygens (including phenoxy) is 3. The molecule has 0 bridgehead atoms. The third-order valence-corrected chi connectivity index (χ3v) is 3.19. The Morgan fingerprint density at radius 1 is 0.957 bits per heavy atom. The van der Waals surface area contributed by atoms with Gasteiger partial charge < -0.3 is 19.3 Å². The summed E-state index contributed by atoms with van der Waals surface area (Å²) in [5, 5.41) is 8.96. The lowest BCUT2D eigenvalue weighted by Crippen LogP contribution is -2.19. The van der Waals surface area contributed by atoms with Crippen LogP contribution in [0.2, 0.25) is 0 Å². The molecule has 0 aliphatic heterocycles. The molecule has 2 rings (SSSR count). The van der Waals surface area contributed by atoms with E-state index in [-0.39, 0.29) is 0 Å². The molecule has 0 saturated heterocycles. The van der Waals surface area contributed by atoms with Gasteiger partial charge in [-0.25, -0.2) is 4.79 Å². The molecule has 0 aliphatic carbocycles. The molecule has 1 N–H and O–H groups in total. The fraction of sp³-hybridized carbons (Fsp3) is 0.176. The lowest BCUT2D eigenvalue weighted by molar-refractivity contribution is 0.0418. The lowest BCUT2D eigenvalue weighted by Gasteiger charge is -2.17. The van der Waals surface area contributed by atoms with Crippen LogP contribution in [-0.2, 0) is 4.74 Å². The number of carbonyl (C=O) groups is 2. The summed E-state index contributed by atoms with van der Waals surface area (Å²) in [7, 11) is 2.93. The third kappa shape index (κ3) is 4.00. The first-order valence-corrected chi connectivity index (χ1v) is 6.77. The first-order valence-electron chi connectivity index (χ1n) is 6.77. The predicted octanol–water partition coefficient (Wildman–Crippen LogP) is 3.32. The van der Waals surface area contributed by atoms with E-state index in [0.29, 0.717) is 22.6 Å². The second kappa shape index (κ2) is 7.31. The van der Waals surface area contributed by atoms with Crippen LogP contribution in [0.4, 0.5) is 4.79 Å². The molecular weight excluding hydrogens is 300 g/mol. The average Bonchev–Trinajstić information content (AvgIpc) is 2.59. The zero-order chi connectivity index (χ0) is 16.8. The Hall–Kier alpha value is -3.02. The van der Waals surface area contributed by atoms with E-state index in [1.807, 2.05) is 0 Å². The van der Waals surface area contributed by atoms with Crippen LogP contribution in [0.15, 0.2) is 48.5 Å². The van der Waals surface area contributed by atoms with Crippen molar-refractivity contribution < 1.29 is 28.9 Å². The van der Waals surface area contributed by atoms with Crippen molar-refractivity contribution in [3.8, 4) is 11.5 Å². The van der Waals surface area contributed by atoms with Crippen molar-refractivity contribution in [2.75, 3.05) is 14.2 Å². The summed E-state index contributed by atoms with van der Waals surface area (Å²) in [4.78, 5) is 23.6. The molecule has 6 nitrogen and oxygen atoms in total. The summed E-state index contributed by atoms with van der Waals surface area (Å²) in [5.41, 5.74) is 0.679. The summed E-state index contributed by atoms with van der Waals surface area (Å²) in [5.74, 6) is 0.390. The van der Waals surface area contributed by atoms with Crippen LogP contribution in [-0.4, -0.2) is 31.3 Å². The maximum atomic E-state index is 12.6. The van der Waals surface area contributed by atoms with Crippen molar-refractivity contribution in [1.29, 1.82) is 0 Å². The normalized spacial score (nSPS) is 11.4. The van der Waals surface area contributed by atoms with Crippen LogP contribution in [0.3, 0.4) is 0 Å². The highest BCUT2D eigenvalue weighted by molar-refractivity contribution is 6.00. The zero-order valence-electron chi connectivity index (χ0n) is 12.7. The Morgan fingerprint density at radius 2 is 1.52 bits per heavy atom. The van der Waals surface area contributed by atoms with Crippen molar-refractivity contribution in [3.05, 3.63) is 59.7 Å². The lowest BCUT2D eigenvalue weighted by atomic mass is 9.99. The highest BCUT2D eigenvalue weighted by Crippen LogP contribution is 2.30. The summed E-state index contributed by atoms with van der Waals surface area (Å²) in [6.45, 7) is 0. The Balaban J connectivity index is 2.46. The average molecular weight is 316 g/mol. The predicted molar refractivity (Wildman–Crippen MR) is 82.2 cm³/mol. The Morgan fingerprint density at radius 3 is 2.00 bits per heavy atom. The Kier molecular flexibility index (Phi) is 5.19. The monoisotopic (exact) mass is 316 g/mol. The van der Waals surface area contributed by atoms with Crippen LogP contribution in [0.1, 0.15) is 22.0 Å². The maximum absolute atomic E-state index is 12.6. The van der Waals surface area contributed by atoms with Gasteiger partial charge in [-0.2, -0.15) is 0 Å². The molecule has 23 heavy (non-hydrogen) atoms.